The Labute approximate surface area is 174 Å². The molecule has 0 unspecified atom stereocenters. The molecule has 0 bridgehead atoms. The van der Waals surface area contributed by atoms with E-state index in [-0.39, 0.29) is 17.6 Å². The van der Waals surface area contributed by atoms with Crippen molar-refractivity contribution in [2.24, 2.45) is 5.92 Å². The summed E-state index contributed by atoms with van der Waals surface area (Å²) in [4.78, 5) is 37.8. The van der Waals surface area contributed by atoms with Crippen molar-refractivity contribution in [1.82, 2.24) is 9.97 Å². The predicted octanol–water partition coefficient (Wildman–Crippen LogP) is 4.37. The molecule has 4 rings (SSSR count). The fourth-order valence-corrected chi connectivity index (χ4v) is 4.81. The van der Waals surface area contributed by atoms with Gasteiger partial charge in [-0.1, -0.05) is 12.1 Å². The van der Waals surface area contributed by atoms with E-state index in [4.69, 9.17) is 0 Å². The molecule has 0 radical (unpaired) electrons. The summed E-state index contributed by atoms with van der Waals surface area (Å²) in [5, 5.41) is 4.11. The third-order valence-electron chi connectivity index (χ3n) is 5.65. The minimum Gasteiger partial charge on any atom is -0.356 e. The van der Waals surface area contributed by atoms with Crippen LogP contribution >= 0.6 is 11.3 Å². The third-order valence-corrected chi connectivity index (χ3v) is 6.76. The Hall–Kier alpha value is -2.80. The standard InChI is InChI=1S/C22H24N4O2S/c1-13-15(3)29-22-19(13)20(23-12-24-22)26-9-7-16(8-10-26)21(28)25-18-6-4-5-17(11-18)14(2)27/h4-6,11-12,16H,7-10H2,1-3H3,(H,25,28). The number of piperidine rings is 1. The van der Waals surface area contributed by atoms with Gasteiger partial charge in [0.2, 0.25) is 5.91 Å². The zero-order chi connectivity index (χ0) is 20.5. The zero-order valence-electron chi connectivity index (χ0n) is 16.9. The molecule has 1 amide bonds. The number of amides is 1. The third kappa shape index (κ3) is 3.87. The molecule has 1 fully saturated rings. The minimum absolute atomic E-state index is 0.00969. The number of nitrogens with one attached hydrogen (secondary N) is 1. The summed E-state index contributed by atoms with van der Waals surface area (Å²) in [5.41, 5.74) is 2.52. The van der Waals surface area contributed by atoms with E-state index >= 15 is 0 Å². The van der Waals surface area contributed by atoms with Crippen molar-refractivity contribution in [3.05, 3.63) is 46.6 Å². The largest absolute Gasteiger partial charge is 0.356 e. The highest BCUT2D eigenvalue weighted by molar-refractivity contribution is 7.18. The Kier molecular flexibility index (Phi) is 5.32. The Morgan fingerprint density at radius 3 is 2.66 bits per heavy atom. The van der Waals surface area contributed by atoms with Crippen LogP contribution in [0.5, 0.6) is 0 Å². The summed E-state index contributed by atoms with van der Waals surface area (Å²) in [6.07, 6.45) is 3.17. The van der Waals surface area contributed by atoms with E-state index in [9.17, 15) is 9.59 Å². The summed E-state index contributed by atoms with van der Waals surface area (Å²) >= 11 is 1.70. The van der Waals surface area contributed by atoms with Gasteiger partial charge in [-0.3, -0.25) is 9.59 Å². The van der Waals surface area contributed by atoms with E-state index in [1.165, 1.54) is 17.4 Å². The van der Waals surface area contributed by atoms with Crippen molar-refractivity contribution in [3.63, 3.8) is 0 Å². The van der Waals surface area contributed by atoms with Crippen LogP contribution in [0.4, 0.5) is 11.5 Å². The smallest absolute Gasteiger partial charge is 0.227 e. The second-order valence-electron chi connectivity index (χ2n) is 7.55. The molecule has 7 heteroatoms. The van der Waals surface area contributed by atoms with Gasteiger partial charge in [-0.2, -0.15) is 0 Å². The fourth-order valence-electron chi connectivity index (χ4n) is 3.82. The molecule has 2 aromatic heterocycles. The number of ketones is 1. The van der Waals surface area contributed by atoms with Gasteiger partial charge in [-0.25, -0.2) is 9.97 Å². The maximum atomic E-state index is 12.7. The van der Waals surface area contributed by atoms with E-state index in [0.717, 1.165) is 42.0 Å². The van der Waals surface area contributed by atoms with E-state index in [0.29, 0.717) is 11.3 Å². The monoisotopic (exact) mass is 408 g/mol. The predicted molar refractivity (Wildman–Crippen MR) is 117 cm³/mol. The highest BCUT2D eigenvalue weighted by Crippen LogP contribution is 2.35. The van der Waals surface area contributed by atoms with Crippen molar-refractivity contribution in [2.45, 2.75) is 33.6 Å². The lowest BCUT2D eigenvalue weighted by molar-refractivity contribution is -0.120. The average Bonchev–Trinajstić information content (AvgIpc) is 3.02. The van der Waals surface area contributed by atoms with Crippen LogP contribution in [0.3, 0.4) is 0 Å². The lowest BCUT2D eigenvalue weighted by Gasteiger charge is -2.32. The quantitative estimate of drug-likeness (QED) is 0.649. The number of carbonyl (C=O) groups excluding carboxylic acids is 2. The van der Waals surface area contributed by atoms with Gasteiger partial charge in [0, 0.05) is 35.1 Å². The molecule has 1 aromatic carbocycles. The summed E-state index contributed by atoms with van der Waals surface area (Å²) in [5.74, 6) is 0.935. The first-order chi connectivity index (χ1) is 13.9. The lowest BCUT2D eigenvalue weighted by atomic mass is 9.95. The molecule has 0 spiro atoms. The SMILES string of the molecule is CC(=O)c1cccc(NC(=O)C2CCN(c3ncnc4sc(C)c(C)c34)CC2)c1. The number of rotatable bonds is 4. The first-order valence-electron chi connectivity index (χ1n) is 9.81. The van der Waals surface area contributed by atoms with Gasteiger partial charge in [-0.05, 0) is 51.3 Å². The van der Waals surface area contributed by atoms with Crippen molar-refractivity contribution in [1.29, 1.82) is 0 Å². The Bertz CT molecular complexity index is 1080. The molecular formula is C22H24N4O2S. The molecule has 29 heavy (non-hydrogen) atoms. The fraction of sp³-hybridized carbons (Fsp3) is 0.364. The topological polar surface area (TPSA) is 75.2 Å². The summed E-state index contributed by atoms with van der Waals surface area (Å²) < 4.78 is 0. The number of thiophene rings is 1. The molecule has 0 saturated carbocycles. The second kappa shape index (κ2) is 7.91. The van der Waals surface area contributed by atoms with Crippen molar-refractivity contribution in [3.8, 4) is 0 Å². The normalized spacial score (nSPS) is 14.9. The van der Waals surface area contributed by atoms with Crippen molar-refractivity contribution in [2.75, 3.05) is 23.3 Å². The summed E-state index contributed by atoms with van der Waals surface area (Å²) in [7, 11) is 0. The van der Waals surface area contributed by atoms with E-state index in [2.05, 4.69) is 34.0 Å². The summed E-state index contributed by atoms with van der Waals surface area (Å²) in [6.45, 7) is 7.33. The number of fused-ring (bicyclic) bond motifs is 1. The number of aryl methyl sites for hydroxylation is 2. The lowest BCUT2D eigenvalue weighted by Crippen LogP contribution is -2.38. The van der Waals surface area contributed by atoms with E-state index in [1.807, 2.05) is 6.07 Å². The van der Waals surface area contributed by atoms with Gasteiger partial charge in [0.25, 0.3) is 0 Å². The maximum Gasteiger partial charge on any atom is 0.227 e. The first kappa shape index (κ1) is 19.5. The molecule has 3 heterocycles. The van der Waals surface area contributed by atoms with Crippen LogP contribution in [0.25, 0.3) is 10.2 Å². The molecule has 6 nitrogen and oxygen atoms in total. The molecule has 0 atom stereocenters. The van der Waals surface area contributed by atoms with Crippen molar-refractivity contribution >= 4 is 44.7 Å². The van der Waals surface area contributed by atoms with Crippen molar-refractivity contribution < 1.29 is 9.59 Å². The van der Waals surface area contributed by atoms with Crippen LogP contribution in [-0.4, -0.2) is 34.7 Å². The Morgan fingerprint density at radius 1 is 1.17 bits per heavy atom. The molecule has 150 valence electrons. The van der Waals surface area contributed by atoms with Crippen LogP contribution in [0.15, 0.2) is 30.6 Å². The van der Waals surface area contributed by atoms with Gasteiger partial charge in [0.15, 0.2) is 5.78 Å². The van der Waals surface area contributed by atoms with Gasteiger partial charge >= 0.3 is 0 Å². The number of Topliss-reactive ketones (excluding diaryl/α,β-unsaturated/α-hetero) is 1. The molecule has 0 aliphatic carbocycles. The van der Waals surface area contributed by atoms with Gasteiger partial charge in [-0.15, -0.1) is 11.3 Å². The van der Waals surface area contributed by atoms with Crippen LogP contribution in [-0.2, 0) is 4.79 Å². The number of hydrogen-bond acceptors (Lipinski definition) is 6. The highest BCUT2D eigenvalue weighted by Gasteiger charge is 2.27. The average molecular weight is 409 g/mol. The molecule has 1 N–H and O–H groups in total. The van der Waals surface area contributed by atoms with Crippen LogP contribution in [0, 0.1) is 19.8 Å². The maximum absolute atomic E-state index is 12.7. The summed E-state index contributed by atoms with van der Waals surface area (Å²) in [6, 6.07) is 7.10. The first-order valence-corrected chi connectivity index (χ1v) is 10.6. The second-order valence-corrected chi connectivity index (χ2v) is 8.75. The van der Waals surface area contributed by atoms with Gasteiger partial charge in [0.05, 0.1) is 5.39 Å². The molecular weight excluding hydrogens is 384 g/mol. The molecule has 3 aromatic rings. The van der Waals surface area contributed by atoms with E-state index < -0.39 is 0 Å². The molecule has 1 aliphatic heterocycles. The molecule has 1 aliphatic rings. The number of carbonyl (C=O) groups is 2. The Morgan fingerprint density at radius 2 is 1.93 bits per heavy atom. The molecule has 1 saturated heterocycles. The number of hydrogen-bond donors (Lipinski definition) is 1. The van der Waals surface area contributed by atoms with Crippen LogP contribution in [0.2, 0.25) is 0 Å². The highest BCUT2D eigenvalue weighted by atomic mass is 32.1. The number of benzene rings is 1. The minimum atomic E-state index is -0.0464. The number of nitrogens with zero attached hydrogens (tertiary/aromatic N) is 3. The number of anilines is 2. The van der Waals surface area contributed by atoms with Crippen LogP contribution in [0.1, 0.15) is 40.6 Å². The Balaban J connectivity index is 1.44. The van der Waals surface area contributed by atoms with Crippen LogP contribution < -0.4 is 10.2 Å². The van der Waals surface area contributed by atoms with E-state index in [1.54, 1.807) is 35.9 Å². The zero-order valence-corrected chi connectivity index (χ0v) is 17.7. The van der Waals surface area contributed by atoms with Gasteiger partial charge < -0.3 is 10.2 Å². The number of aromatic nitrogens is 2. The van der Waals surface area contributed by atoms with Gasteiger partial charge in [0.1, 0.15) is 17.0 Å².